The number of aromatic nitrogens is 2. The highest BCUT2D eigenvalue weighted by Gasteiger charge is 2.25. The molecule has 0 radical (unpaired) electrons. The molecule has 0 saturated heterocycles. The Balaban J connectivity index is 0.00000144. The van der Waals surface area contributed by atoms with Crippen LogP contribution in [0.5, 0.6) is 5.88 Å². The van der Waals surface area contributed by atoms with Gasteiger partial charge in [0.2, 0.25) is 0 Å². The number of hydrogen-bond acceptors (Lipinski definition) is 4. The van der Waals surface area contributed by atoms with Gasteiger partial charge in [0.25, 0.3) is 0 Å². The van der Waals surface area contributed by atoms with Gasteiger partial charge >= 0.3 is 10.7 Å². The summed E-state index contributed by atoms with van der Waals surface area (Å²) < 4.78 is 1.56. The lowest BCUT2D eigenvalue weighted by atomic mass is 10.2. The summed E-state index contributed by atoms with van der Waals surface area (Å²) in [6.07, 6.45) is 1.74. The molecule has 22 heavy (non-hydrogen) atoms. The topological polar surface area (TPSA) is 67.2 Å². The molecule has 110 valence electrons. The van der Waals surface area contributed by atoms with Crippen molar-refractivity contribution in [1.82, 2.24) is 5.10 Å². The van der Waals surface area contributed by atoms with Gasteiger partial charge in [0.05, 0.1) is 5.39 Å². The average molecular weight is 331 g/mol. The van der Waals surface area contributed by atoms with Crippen LogP contribution in [0.2, 0.25) is 5.02 Å². The molecule has 4 rings (SSSR count). The molecular weight excluding hydrogens is 320 g/mol. The van der Waals surface area contributed by atoms with E-state index in [1.54, 1.807) is 10.7 Å². The van der Waals surface area contributed by atoms with Crippen LogP contribution in [0.1, 0.15) is 0 Å². The molecule has 0 aliphatic heterocycles. The summed E-state index contributed by atoms with van der Waals surface area (Å²) in [6, 6.07) is 15.5. The molecule has 2 aromatic carbocycles. The summed E-state index contributed by atoms with van der Waals surface area (Å²) >= 11 is 7.60. The normalized spacial score (nSPS) is 10.8. The summed E-state index contributed by atoms with van der Waals surface area (Å²) in [5.74, 6) is 0.156. The molecule has 0 unspecified atom stereocenters. The van der Waals surface area contributed by atoms with Crippen LogP contribution < -0.4 is 4.52 Å². The van der Waals surface area contributed by atoms with Gasteiger partial charge in [-0.1, -0.05) is 59.3 Å². The first-order valence-corrected chi connectivity index (χ1v) is 7.61. The van der Waals surface area contributed by atoms with Crippen molar-refractivity contribution < 1.29 is 15.1 Å². The average Bonchev–Trinajstić information content (AvgIpc) is 2.86. The first kappa shape index (κ1) is 14.7. The van der Waals surface area contributed by atoms with Gasteiger partial charge in [0.1, 0.15) is 6.20 Å². The van der Waals surface area contributed by atoms with Gasteiger partial charge < -0.3 is 10.6 Å². The van der Waals surface area contributed by atoms with Gasteiger partial charge in [-0.05, 0) is 12.1 Å². The largest absolute Gasteiger partial charge is 0.870 e. The number of nitrogens with zero attached hydrogens (tertiary/aromatic N) is 2. The quantitative estimate of drug-likeness (QED) is 0.538. The molecule has 0 fully saturated rings. The van der Waals surface area contributed by atoms with E-state index in [0.717, 1.165) is 26.0 Å². The van der Waals surface area contributed by atoms with Gasteiger partial charge in [-0.15, -0.1) is 0 Å². The van der Waals surface area contributed by atoms with Crippen LogP contribution in [-0.2, 0) is 0 Å². The molecular formula is C16H11ClN2O2S. The van der Waals surface area contributed by atoms with E-state index in [-0.39, 0.29) is 11.4 Å². The molecule has 0 spiro atoms. The van der Waals surface area contributed by atoms with E-state index in [1.807, 2.05) is 48.5 Å². The van der Waals surface area contributed by atoms with Crippen LogP contribution in [0.3, 0.4) is 0 Å². The summed E-state index contributed by atoms with van der Waals surface area (Å²) in [5, 5.41) is 17.4. The summed E-state index contributed by atoms with van der Waals surface area (Å²) in [7, 11) is 0. The van der Waals surface area contributed by atoms with Gasteiger partial charge in [0, 0.05) is 25.6 Å². The highest BCUT2D eigenvalue weighted by Crippen LogP contribution is 2.36. The Kier molecular flexibility index (Phi) is 3.70. The molecule has 0 aliphatic rings. The van der Waals surface area contributed by atoms with Crippen molar-refractivity contribution in [3.8, 4) is 16.3 Å². The second-order valence-electron chi connectivity index (χ2n) is 4.71. The molecule has 6 heteroatoms. The lowest BCUT2D eigenvalue weighted by molar-refractivity contribution is -0.583. The molecule has 0 bridgehead atoms. The van der Waals surface area contributed by atoms with E-state index >= 15 is 0 Å². The summed E-state index contributed by atoms with van der Waals surface area (Å²) in [6.45, 7) is 0. The van der Waals surface area contributed by atoms with Gasteiger partial charge in [-0.2, -0.15) is 0 Å². The van der Waals surface area contributed by atoms with Crippen molar-refractivity contribution in [3.63, 3.8) is 0 Å². The predicted octanol–water partition coefficient (Wildman–Crippen LogP) is 3.88. The number of rotatable bonds is 1. The zero-order valence-electron chi connectivity index (χ0n) is 11.3. The fraction of sp³-hybridized carbons (Fsp3) is 0. The Morgan fingerprint density at radius 2 is 1.86 bits per heavy atom. The van der Waals surface area contributed by atoms with Crippen LogP contribution in [0.4, 0.5) is 0 Å². The van der Waals surface area contributed by atoms with Crippen molar-refractivity contribution in [2.24, 2.45) is 0 Å². The SMILES string of the molecule is Oc1c(-c2ccccc2)sc2c3cc(Cl)ccc3cn[n+]12.[OH-]. The lowest BCUT2D eigenvalue weighted by Crippen LogP contribution is -2.23. The predicted molar refractivity (Wildman–Crippen MR) is 86.8 cm³/mol. The maximum Gasteiger partial charge on any atom is 0.416 e. The highest BCUT2D eigenvalue weighted by molar-refractivity contribution is 7.21. The van der Waals surface area contributed by atoms with Crippen molar-refractivity contribution in [3.05, 3.63) is 59.8 Å². The Hall–Kier alpha value is -2.21. The fourth-order valence-corrected chi connectivity index (χ4v) is 3.68. The fourth-order valence-electron chi connectivity index (χ4n) is 2.38. The van der Waals surface area contributed by atoms with Crippen LogP contribution in [0.25, 0.3) is 26.0 Å². The minimum atomic E-state index is 0. The summed E-state index contributed by atoms with van der Waals surface area (Å²) in [4.78, 5) is 1.68. The van der Waals surface area contributed by atoms with E-state index in [9.17, 15) is 5.11 Å². The van der Waals surface area contributed by atoms with Crippen molar-refractivity contribution >= 4 is 38.5 Å². The third-order valence-corrected chi connectivity index (χ3v) is 4.83. The number of thiazole rings is 1. The molecule has 4 nitrogen and oxygen atoms in total. The van der Waals surface area contributed by atoms with Crippen molar-refractivity contribution in [2.45, 2.75) is 0 Å². The molecule has 0 atom stereocenters. The zero-order valence-corrected chi connectivity index (χ0v) is 12.8. The zero-order chi connectivity index (χ0) is 14.4. The number of benzene rings is 2. The number of aromatic hydroxyl groups is 1. The van der Waals surface area contributed by atoms with Gasteiger partial charge in [-0.3, -0.25) is 0 Å². The van der Waals surface area contributed by atoms with Crippen LogP contribution in [0.15, 0.2) is 54.7 Å². The van der Waals surface area contributed by atoms with Gasteiger partial charge in [0.15, 0.2) is 4.88 Å². The van der Waals surface area contributed by atoms with Crippen molar-refractivity contribution in [2.75, 3.05) is 0 Å². The Morgan fingerprint density at radius 1 is 1.09 bits per heavy atom. The van der Waals surface area contributed by atoms with Crippen molar-refractivity contribution in [1.29, 1.82) is 0 Å². The Labute approximate surface area is 135 Å². The minimum Gasteiger partial charge on any atom is -0.870 e. The maximum atomic E-state index is 10.4. The molecule has 0 aliphatic carbocycles. The van der Waals surface area contributed by atoms with Gasteiger partial charge in [-0.25, -0.2) is 0 Å². The molecule has 2 aromatic heterocycles. The third kappa shape index (κ3) is 2.20. The Morgan fingerprint density at radius 3 is 2.64 bits per heavy atom. The lowest BCUT2D eigenvalue weighted by Gasteiger charge is -1.93. The molecule has 2 heterocycles. The van der Waals surface area contributed by atoms with E-state index in [0.29, 0.717) is 5.02 Å². The molecule has 2 N–H and O–H groups in total. The van der Waals surface area contributed by atoms with Crippen LogP contribution >= 0.6 is 22.9 Å². The number of hydrogen-bond donors (Lipinski definition) is 1. The minimum absolute atomic E-state index is 0. The highest BCUT2D eigenvalue weighted by atomic mass is 35.5. The molecule has 0 saturated carbocycles. The standard InChI is InChI=1S/C16H9ClN2OS.H2O/c17-12-7-6-11-9-18-19-15(20)14(10-4-2-1-3-5-10)21-16(19)13(11)8-12;/h1-9H;1H2. The first-order chi connectivity index (χ1) is 10.2. The number of fused-ring (bicyclic) bond motifs is 3. The second kappa shape index (κ2) is 5.53. The number of halogens is 1. The summed E-state index contributed by atoms with van der Waals surface area (Å²) in [5.41, 5.74) is 0.973. The Bertz CT molecular complexity index is 970. The third-order valence-electron chi connectivity index (χ3n) is 3.39. The molecule has 4 aromatic rings. The van der Waals surface area contributed by atoms with Crippen LogP contribution in [0, 0.1) is 0 Å². The maximum absolute atomic E-state index is 10.4. The van der Waals surface area contributed by atoms with E-state index in [1.165, 1.54) is 11.3 Å². The molecule has 0 amide bonds. The monoisotopic (exact) mass is 330 g/mol. The van der Waals surface area contributed by atoms with E-state index < -0.39 is 0 Å². The first-order valence-electron chi connectivity index (χ1n) is 6.41. The second-order valence-corrected chi connectivity index (χ2v) is 6.15. The van der Waals surface area contributed by atoms with E-state index in [4.69, 9.17) is 11.6 Å². The van der Waals surface area contributed by atoms with E-state index in [2.05, 4.69) is 5.10 Å². The van der Waals surface area contributed by atoms with Crippen LogP contribution in [-0.4, -0.2) is 15.7 Å². The smallest absolute Gasteiger partial charge is 0.416 e.